The third-order valence-corrected chi connectivity index (χ3v) is 1.73. The van der Waals surface area contributed by atoms with Crippen molar-refractivity contribution in [1.82, 2.24) is 0 Å². The van der Waals surface area contributed by atoms with Crippen LogP contribution in [0, 0.1) is 5.92 Å². The predicted octanol–water partition coefficient (Wildman–Crippen LogP) is 1.75. The van der Waals surface area contributed by atoms with Gasteiger partial charge in [-0.25, -0.2) is 0 Å². The van der Waals surface area contributed by atoms with Crippen molar-refractivity contribution < 1.29 is 0 Å². The van der Waals surface area contributed by atoms with Crippen molar-refractivity contribution in [3.05, 3.63) is 0 Å². The number of alkyl halides is 1. The Labute approximate surface area is 59.8 Å². The standard InChI is InChI=1S/C6H14BrN/c1-5(2)3-6(7)4-8/h5-6H,3-4,8H2,1-2H3/t6-/m0/s1. The summed E-state index contributed by atoms with van der Waals surface area (Å²) in [5.41, 5.74) is 5.37. The maximum Gasteiger partial charge on any atom is 0.0270 e. The Morgan fingerprint density at radius 2 is 2.00 bits per heavy atom. The minimum atomic E-state index is 0.516. The lowest BCUT2D eigenvalue weighted by molar-refractivity contribution is 0.576. The molecule has 0 fully saturated rings. The number of rotatable bonds is 3. The van der Waals surface area contributed by atoms with Gasteiger partial charge in [0.05, 0.1) is 0 Å². The monoisotopic (exact) mass is 179 g/mol. The van der Waals surface area contributed by atoms with E-state index in [2.05, 4.69) is 29.8 Å². The van der Waals surface area contributed by atoms with E-state index >= 15 is 0 Å². The van der Waals surface area contributed by atoms with Crippen molar-refractivity contribution in [2.45, 2.75) is 25.1 Å². The topological polar surface area (TPSA) is 26.0 Å². The molecule has 0 bridgehead atoms. The van der Waals surface area contributed by atoms with Gasteiger partial charge in [-0.2, -0.15) is 0 Å². The van der Waals surface area contributed by atoms with Gasteiger partial charge in [0.2, 0.25) is 0 Å². The Kier molecular flexibility index (Phi) is 4.57. The largest absolute Gasteiger partial charge is 0.329 e. The van der Waals surface area contributed by atoms with Gasteiger partial charge < -0.3 is 5.73 Å². The Bertz CT molecular complexity index is 54.5. The number of hydrogen-bond donors (Lipinski definition) is 1. The Morgan fingerprint density at radius 1 is 1.50 bits per heavy atom. The van der Waals surface area contributed by atoms with Crippen molar-refractivity contribution in [3.8, 4) is 0 Å². The van der Waals surface area contributed by atoms with E-state index in [9.17, 15) is 0 Å². The smallest absolute Gasteiger partial charge is 0.0270 e. The molecule has 0 spiro atoms. The van der Waals surface area contributed by atoms with Gasteiger partial charge in [-0.1, -0.05) is 29.8 Å². The number of hydrogen-bond acceptors (Lipinski definition) is 1. The van der Waals surface area contributed by atoms with Crippen LogP contribution >= 0.6 is 15.9 Å². The first-order chi connectivity index (χ1) is 3.66. The SMILES string of the molecule is CC(C)C[C@H](Br)CN. The van der Waals surface area contributed by atoms with Crippen LogP contribution in [0.2, 0.25) is 0 Å². The van der Waals surface area contributed by atoms with Gasteiger partial charge in [-0.05, 0) is 12.3 Å². The normalized spacial score (nSPS) is 14.6. The molecule has 0 rings (SSSR count). The molecular weight excluding hydrogens is 166 g/mol. The van der Waals surface area contributed by atoms with Crippen molar-refractivity contribution in [2.24, 2.45) is 11.7 Å². The molecule has 8 heavy (non-hydrogen) atoms. The molecular formula is C6H14BrN. The molecule has 2 heteroatoms. The van der Waals surface area contributed by atoms with Crippen LogP contribution in [0.25, 0.3) is 0 Å². The molecule has 0 radical (unpaired) electrons. The zero-order chi connectivity index (χ0) is 6.57. The molecule has 0 aromatic rings. The molecule has 50 valence electrons. The van der Waals surface area contributed by atoms with Crippen molar-refractivity contribution in [2.75, 3.05) is 6.54 Å². The van der Waals surface area contributed by atoms with Crippen LogP contribution in [0.1, 0.15) is 20.3 Å². The molecule has 0 saturated heterocycles. The summed E-state index contributed by atoms with van der Waals surface area (Å²) < 4.78 is 0. The van der Waals surface area contributed by atoms with E-state index in [0.29, 0.717) is 4.83 Å². The van der Waals surface area contributed by atoms with Crippen molar-refractivity contribution in [1.29, 1.82) is 0 Å². The van der Waals surface area contributed by atoms with Crippen LogP contribution in [0.4, 0.5) is 0 Å². The van der Waals surface area contributed by atoms with Gasteiger partial charge >= 0.3 is 0 Å². The maximum atomic E-state index is 5.37. The molecule has 1 atom stereocenters. The summed E-state index contributed by atoms with van der Waals surface area (Å²) in [6.07, 6.45) is 1.18. The van der Waals surface area contributed by atoms with Crippen LogP contribution in [0.3, 0.4) is 0 Å². The molecule has 0 aliphatic heterocycles. The minimum absolute atomic E-state index is 0.516. The average molecular weight is 180 g/mol. The third kappa shape index (κ3) is 4.60. The van der Waals surface area contributed by atoms with Crippen LogP contribution in [0.15, 0.2) is 0 Å². The maximum absolute atomic E-state index is 5.37. The molecule has 0 aromatic heterocycles. The molecule has 0 unspecified atom stereocenters. The number of nitrogens with two attached hydrogens (primary N) is 1. The van der Waals surface area contributed by atoms with Gasteiger partial charge in [0, 0.05) is 11.4 Å². The van der Waals surface area contributed by atoms with E-state index in [-0.39, 0.29) is 0 Å². The molecule has 0 amide bonds. The zero-order valence-corrected chi connectivity index (χ0v) is 7.11. The lowest BCUT2D eigenvalue weighted by atomic mass is 10.1. The lowest BCUT2D eigenvalue weighted by Gasteiger charge is -2.07. The van der Waals surface area contributed by atoms with E-state index in [1.54, 1.807) is 0 Å². The highest BCUT2D eigenvalue weighted by Gasteiger charge is 2.02. The van der Waals surface area contributed by atoms with E-state index in [4.69, 9.17) is 5.73 Å². The second kappa shape index (κ2) is 4.33. The molecule has 0 heterocycles. The summed E-state index contributed by atoms with van der Waals surface area (Å²) in [6.45, 7) is 5.14. The van der Waals surface area contributed by atoms with Gasteiger partial charge in [0.1, 0.15) is 0 Å². The van der Waals surface area contributed by atoms with Crippen LogP contribution in [0.5, 0.6) is 0 Å². The summed E-state index contributed by atoms with van der Waals surface area (Å²) in [6, 6.07) is 0. The fourth-order valence-corrected chi connectivity index (χ4v) is 1.36. The Hall–Kier alpha value is 0.440. The van der Waals surface area contributed by atoms with Gasteiger partial charge in [-0.15, -0.1) is 0 Å². The Balaban J connectivity index is 3.10. The van der Waals surface area contributed by atoms with E-state index in [0.717, 1.165) is 12.5 Å². The Morgan fingerprint density at radius 3 is 2.12 bits per heavy atom. The summed E-state index contributed by atoms with van der Waals surface area (Å²) in [4.78, 5) is 0.516. The first kappa shape index (κ1) is 8.44. The van der Waals surface area contributed by atoms with Crippen LogP contribution in [-0.4, -0.2) is 11.4 Å². The van der Waals surface area contributed by atoms with Gasteiger partial charge in [-0.3, -0.25) is 0 Å². The minimum Gasteiger partial charge on any atom is -0.329 e. The molecule has 0 saturated carbocycles. The summed E-state index contributed by atoms with van der Waals surface area (Å²) in [5.74, 6) is 0.753. The van der Waals surface area contributed by atoms with Crippen LogP contribution in [-0.2, 0) is 0 Å². The average Bonchev–Trinajstić information content (AvgIpc) is 1.65. The van der Waals surface area contributed by atoms with Gasteiger partial charge in [0.25, 0.3) is 0 Å². The highest BCUT2D eigenvalue weighted by Crippen LogP contribution is 2.10. The van der Waals surface area contributed by atoms with Crippen LogP contribution < -0.4 is 5.73 Å². The number of halogens is 1. The summed E-state index contributed by atoms with van der Waals surface area (Å²) >= 11 is 3.45. The molecule has 1 nitrogen and oxygen atoms in total. The summed E-state index contributed by atoms with van der Waals surface area (Å²) in [7, 11) is 0. The molecule has 2 N–H and O–H groups in total. The first-order valence-electron chi connectivity index (χ1n) is 3.01. The fourth-order valence-electron chi connectivity index (χ4n) is 0.608. The van der Waals surface area contributed by atoms with Crippen molar-refractivity contribution >= 4 is 15.9 Å². The lowest BCUT2D eigenvalue weighted by Crippen LogP contribution is -2.15. The van der Waals surface area contributed by atoms with E-state index in [1.807, 2.05) is 0 Å². The first-order valence-corrected chi connectivity index (χ1v) is 3.92. The predicted molar refractivity (Wildman–Crippen MR) is 41.2 cm³/mol. The van der Waals surface area contributed by atoms with E-state index < -0.39 is 0 Å². The van der Waals surface area contributed by atoms with Gasteiger partial charge in [0.15, 0.2) is 0 Å². The van der Waals surface area contributed by atoms with E-state index in [1.165, 1.54) is 6.42 Å². The molecule has 0 aliphatic carbocycles. The second-order valence-corrected chi connectivity index (χ2v) is 3.76. The highest BCUT2D eigenvalue weighted by molar-refractivity contribution is 9.09. The third-order valence-electron chi connectivity index (χ3n) is 0.983. The molecule has 0 aliphatic rings. The molecule has 0 aromatic carbocycles. The second-order valence-electron chi connectivity index (χ2n) is 2.46. The summed E-state index contributed by atoms with van der Waals surface area (Å²) in [5, 5.41) is 0. The quantitative estimate of drug-likeness (QED) is 0.658. The fraction of sp³-hybridized carbons (Fsp3) is 1.00. The van der Waals surface area contributed by atoms with Crippen molar-refractivity contribution in [3.63, 3.8) is 0 Å². The zero-order valence-electron chi connectivity index (χ0n) is 5.52. The highest BCUT2D eigenvalue weighted by atomic mass is 79.9.